The van der Waals surface area contributed by atoms with Gasteiger partial charge >= 0.3 is 0 Å². The summed E-state index contributed by atoms with van der Waals surface area (Å²) in [5.74, 6) is 1.96. The summed E-state index contributed by atoms with van der Waals surface area (Å²) in [5.41, 5.74) is 2.53. The Kier molecular flexibility index (Phi) is 5.81. The number of ether oxygens (including phenoxy) is 1. The molecule has 2 N–H and O–H groups in total. The number of rotatable bonds is 6. The number of anilines is 3. The largest absolute Gasteiger partial charge is 0.496 e. The minimum Gasteiger partial charge on any atom is -0.496 e. The zero-order valence-corrected chi connectivity index (χ0v) is 15.9. The van der Waals surface area contributed by atoms with E-state index in [2.05, 4.69) is 20.6 Å². The van der Waals surface area contributed by atoms with Crippen LogP contribution in [0.2, 0.25) is 10.0 Å². The predicted octanol–water partition coefficient (Wildman–Crippen LogP) is 5.46. The number of aromatic nitrogens is 2. The minimum absolute atomic E-state index is 0.511. The van der Waals surface area contributed by atoms with Crippen molar-refractivity contribution in [3.63, 3.8) is 0 Å². The molecule has 1 heterocycles. The van der Waals surface area contributed by atoms with Gasteiger partial charge in [0.25, 0.3) is 0 Å². The molecule has 3 rings (SSSR count). The van der Waals surface area contributed by atoms with Gasteiger partial charge in [0.05, 0.1) is 17.8 Å². The molecule has 0 radical (unpaired) electrons. The van der Waals surface area contributed by atoms with E-state index in [9.17, 15) is 0 Å². The normalized spacial score (nSPS) is 10.5. The number of methoxy groups -OCH3 is 1. The second-order valence-electron chi connectivity index (χ2n) is 5.63. The van der Waals surface area contributed by atoms with Crippen LogP contribution in [0.5, 0.6) is 5.75 Å². The van der Waals surface area contributed by atoms with Crippen molar-refractivity contribution in [3.8, 4) is 5.75 Å². The van der Waals surface area contributed by atoms with Crippen LogP contribution in [-0.2, 0) is 6.54 Å². The fraction of sp³-hybridized carbons (Fsp3) is 0.158. The zero-order chi connectivity index (χ0) is 18.5. The summed E-state index contributed by atoms with van der Waals surface area (Å²) in [6.45, 7) is 2.45. The van der Waals surface area contributed by atoms with E-state index in [0.717, 1.165) is 17.0 Å². The highest BCUT2D eigenvalue weighted by molar-refractivity contribution is 6.35. The summed E-state index contributed by atoms with van der Waals surface area (Å²) < 4.78 is 5.36. The van der Waals surface area contributed by atoms with Gasteiger partial charge in [-0.2, -0.15) is 4.98 Å². The first-order chi connectivity index (χ1) is 12.5. The lowest BCUT2D eigenvalue weighted by molar-refractivity contribution is 0.410. The summed E-state index contributed by atoms with van der Waals surface area (Å²) in [4.78, 5) is 8.92. The van der Waals surface area contributed by atoms with Crippen LogP contribution in [0.15, 0.2) is 48.5 Å². The maximum absolute atomic E-state index is 6.21. The first-order valence-corrected chi connectivity index (χ1v) is 8.74. The molecule has 0 spiro atoms. The Morgan fingerprint density at radius 1 is 1.04 bits per heavy atom. The molecule has 1 aromatic heterocycles. The molecule has 0 unspecified atom stereocenters. The molecule has 26 heavy (non-hydrogen) atoms. The van der Waals surface area contributed by atoms with Gasteiger partial charge in [-0.1, -0.05) is 41.4 Å². The molecule has 0 saturated heterocycles. The highest BCUT2D eigenvalue weighted by Gasteiger charge is 2.07. The third-order valence-electron chi connectivity index (χ3n) is 3.67. The maximum Gasteiger partial charge on any atom is 0.225 e. The topological polar surface area (TPSA) is 59.1 Å². The van der Waals surface area contributed by atoms with Crippen LogP contribution in [0, 0.1) is 6.92 Å². The molecule has 5 nitrogen and oxygen atoms in total. The van der Waals surface area contributed by atoms with E-state index in [4.69, 9.17) is 27.9 Å². The molecule has 0 fully saturated rings. The van der Waals surface area contributed by atoms with Gasteiger partial charge in [-0.25, -0.2) is 4.98 Å². The minimum atomic E-state index is 0.511. The number of para-hydroxylation sites is 1. The Balaban J connectivity index is 1.78. The van der Waals surface area contributed by atoms with Gasteiger partial charge in [-0.3, -0.25) is 0 Å². The number of hydrogen-bond acceptors (Lipinski definition) is 5. The van der Waals surface area contributed by atoms with Crippen LogP contribution in [0.3, 0.4) is 0 Å². The van der Waals surface area contributed by atoms with E-state index in [1.807, 2.05) is 37.3 Å². The summed E-state index contributed by atoms with van der Waals surface area (Å²) >= 11 is 12.2. The van der Waals surface area contributed by atoms with Gasteiger partial charge in [-0.15, -0.1) is 0 Å². The first-order valence-electron chi connectivity index (χ1n) is 7.98. The fourth-order valence-corrected chi connectivity index (χ4v) is 2.80. The van der Waals surface area contributed by atoms with Gasteiger partial charge in [0, 0.05) is 28.9 Å². The van der Waals surface area contributed by atoms with Crippen molar-refractivity contribution in [3.05, 3.63) is 69.8 Å². The van der Waals surface area contributed by atoms with Crippen LogP contribution in [0.4, 0.5) is 17.5 Å². The lowest BCUT2D eigenvalue weighted by Crippen LogP contribution is -2.07. The smallest absolute Gasteiger partial charge is 0.225 e. The second-order valence-corrected chi connectivity index (χ2v) is 6.48. The van der Waals surface area contributed by atoms with Gasteiger partial charge in [0.15, 0.2) is 0 Å². The number of aryl methyl sites for hydroxylation is 1. The summed E-state index contributed by atoms with van der Waals surface area (Å²) in [6, 6.07) is 14.9. The molecule has 0 amide bonds. The third kappa shape index (κ3) is 4.56. The summed E-state index contributed by atoms with van der Waals surface area (Å²) in [5, 5.41) is 7.57. The Bertz CT molecular complexity index is 918. The van der Waals surface area contributed by atoms with Gasteiger partial charge in [-0.05, 0) is 31.2 Å². The molecule has 134 valence electrons. The molecule has 0 atom stereocenters. The average Bonchev–Trinajstić information content (AvgIpc) is 2.63. The van der Waals surface area contributed by atoms with Crippen LogP contribution in [-0.4, -0.2) is 17.1 Å². The fourth-order valence-electron chi connectivity index (χ4n) is 2.47. The van der Waals surface area contributed by atoms with E-state index in [1.165, 1.54) is 0 Å². The molecule has 0 aliphatic rings. The number of hydrogen-bond donors (Lipinski definition) is 2. The zero-order valence-electron chi connectivity index (χ0n) is 14.4. The van der Waals surface area contributed by atoms with E-state index in [0.29, 0.717) is 34.0 Å². The van der Waals surface area contributed by atoms with E-state index >= 15 is 0 Å². The molecule has 0 saturated carbocycles. The van der Waals surface area contributed by atoms with E-state index < -0.39 is 0 Å². The molecule has 7 heteroatoms. The number of nitrogens with one attached hydrogen (secondary N) is 2. The maximum atomic E-state index is 6.21. The number of halogens is 2. The molecule has 0 bridgehead atoms. The van der Waals surface area contributed by atoms with Crippen molar-refractivity contribution in [2.75, 3.05) is 17.7 Å². The highest BCUT2D eigenvalue weighted by atomic mass is 35.5. The van der Waals surface area contributed by atoms with Gasteiger partial charge < -0.3 is 15.4 Å². The van der Waals surface area contributed by atoms with Gasteiger partial charge in [0.1, 0.15) is 11.6 Å². The average molecular weight is 389 g/mol. The van der Waals surface area contributed by atoms with E-state index in [1.54, 1.807) is 25.3 Å². The van der Waals surface area contributed by atoms with E-state index in [-0.39, 0.29) is 0 Å². The Labute approximate surface area is 162 Å². The van der Waals surface area contributed by atoms with Crippen LogP contribution in [0.1, 0.15) is 11.3 Å². The molecular weight excluding hydrogens is 371 g/mol. The molecule has 0 aliphatic carbocycles. The number of nitrogens with zero attached hydrogens (tertiary/aromatic N) is 2. The lowest BCUT2D eigenvalue weighted by Gasteiger charge is -2.12. The summed E-state index contributed by atoms with van der Waals surface area (Å²) in [6.07, 6.45) is 0. The molecule has 2 aromatic carbocycles. The first kappa shape index (κ1) is 18.3. The van der Waals surface area contributed by atoms with Crippen LogP contribution < -0.4 is 15.4 Å². The third-order valence-corrected chi connectivity index (χ3v) is 4.24. The summed E-state index contributed by atoms with van der Waals surface area (Å²) in [7, 11) is 1.65. The van der Waals surface area contributed by atoms with Crippen molar-refractivity contribution in [1.82, 2.24) is 9.97 Å². The SMILES string of the molecule is COc1ccccc1CNc1nc(C)cc(Nc2cc(Cl)ccc2Cl)n1. The van der Waals surface area contributed by atoms with Crippen molar-refractivity contribution >= 4 is 40.7 Å². The van der Waals surface area contributed by atoms with Crippen molar-refractivity contribution in [2.45, 2.75) is 13.5 Å². The molecular formula is C19H18Cl2N4O. The highest BCUT2D eigenvalue weighted by Crippen LogP contribution is 2.28. The number of benzene rings is 2. The Morgan fingerprint density at radius 3 is 2.65 bits per heavy atom. The van der Waals surface area contributed by atoms with Crippen molar-refractivity contribution < 1.29 is 4.74 Å². The van der Waals surface area contributed by atoms with Crippen LogP contribution in [0.25, 0.3) is 0 Å². The standard InChI is InChI=1S/C19H18Cl2N4O/c1-12-9-18(24-16-10-14(20)7-8-15(16)21)25-19(23-12)22-11-13-5-3-4-6-17(13)26-2/h3-10H,11H2,1-2H3,(H2,22,23,24,25). The predicted molar refractivity (Wildman–Crippen MR) is 107 cm³/mol. The van der Waals surface area contributed by atoms with Crippen LogP contribution >= 0.6 is 23.2 Å². The Hall–Kier alpha value is -2.50. The molecule has 3 aromatic rings. The van der Waals surface area contributed by atoms with Crippen molar-refractivity contribution in [2.24, 2.45) is 0 Å². The molecule has 0 aliphatic heterocycles. The quantitative estimate of drug-likeness (QED) is 0.587. The monoisotopic (exact) mass is 388 g/mol. The van der Waals surface area contributed by atoms with Crippen molar-refractivity contribution in [1.29, 1.82) is 0 Å². The second kappa shape index (κ2) is 8.25. The Morgan fingerprint density at radius 2 is 1.85 bits per heavy atom. The lowest BCUT2D eigenvalue weighted by atomic mass is 10.2. The van der Waals surface area contributed by atoms with Gasteiger partial charge in [0.2, 0.25) is 5.95 Å².